The van der Waals surface area contributed by atoms with Crippen molar-refractivity contribution in [3.63, 3.8) is 0 Å². The van der Waals surface area contributed by atoms with Crippen LogP contribution in [0.15, 0.2) is 60.8 Å². The number of halogens is 1. The number of amides is 1. The van der Waals surface area contributed by atoms with Crippen LogP contribution < -0.4 is 15.4 Å². The van der Waals surface area contributed by atoms with E-state index >= 15 is 0 Å². The summed E-state index contributed by atoms with van der Waals surface area (Å²) in [6.07, 6.45) is 1.30. The van der Waals surface area contributed by atoms with Gasteiger partial charge in [-0.3, -0.25) is 4.79 Å². The number of aliphatic hydroxyl groups is 1. The van der Waals surface area contributed by atoms with Gasteiger partial charge < -0.3 is 20.5 Å². The molecule has 1 saturated heterocycles. The summed E-state index contributed by atoms with van der Waals surface area (Å²) in [6.45, 7) is 1.66. The van der Waals surface area contributed by atoms with Crippen LogP contribution >= 0.6 is 12.4 Å². The topological polar surface area (TPSA) is 88.4 Å². The minimum Gasteiger partial charge on any atom is -0.497 e. The second-order valence-electron chi connectivity index (χ2n) is 7.10. The molecule has 3 N–H and O–H groups in total. The second-order valence-corrected chi connectivity index (χ2v) is 7.10. The van der Waals surface area contributed by atoms with Crippen LogP contribution in [0.25, 0.3) is 16.9 Å². The largest absolute Gasteiger partial charge is 0.497 e. The highest BCUT2D eigenvalue weighted by Gasteiger charge is 2.26. The molecule has 0 spiro atoms. The van der Waals surface area contributed by atoms with Crippen molar-refractivity contribution in [2.24, 2.45) is 5.92 Å². The third kappa shape index (κ3) is 4.64. The fourth-order valence-electron chi connectivity index (χ4n) is 3.46. The van der Waals surface area contributed by atoms with Crippen molar-refractivity contribution in [3.8, 4) is 22.7 Å². The summed E-state index contributed by atoms with van der Waals surface area (Å²) in [5.74, 6) is 0.537. The molecule has 30 heavy (non-hydrogen) atoms. The van der Waals surface area contributed by atoms with Crippen molar-refractivity contribution < 1.29 is 14.6 Å². The Bertz CT molecular complexity index is 976. The summed E-state index contributed by atoms with van der Waals surface area (Å²) in [4.78, 5) is 13.0. The average molecular weight is 429 g/mol. The Morgan fingerprint density at radius 1 is 1.20 bits per heavy atom. The van der Waals surface area contributed by atoms with Gasteiger partial charge in [-0.15, -0.1) is 12.4 Å². The van der Waals surface area contributed by atoms with Crippen molar-refractivity contribution in [1.29, 1.82) is 0 Å². The summed E-state index contributed by atoms with van der Waals surface area (Å²) in [5, 5.41) is 20.7. The lowest BCUT2D eigenvalue weighted by atomic mass is 10.1. The number of hydrogen-bond acceptors (Lipinski definition) is 5. The van der Waals surface area contributed by atoms with Gasteiger partial charge in [-0.05, 0) is 36.4 Å². The average Bonchev–Trinajstić information content (AvgIpc) is 3.39. The first kappa shape index (κ1) is 21.8. The van der Waals surface area contributed by atoms with E-state index in [0.29, 0.717) is 30.9 Å². The van der Waals surface area contributed by atoms with Crippen molar-refractivity contribution in [3.05, 3.63) is 66.4 Å². The Balaban J connectivity index is 0.00000256. The number of carbonyl (C=O) groups is 1. The fraction of sp³-hybridized carbons (Fsp3) is 0.273. The Morgan fingerprint density at radius 3 is 2.57 bits per heavy atom. The summed E-state index contributed by atoms with van der Waals surface area (Å²) in [7, 11) is 1.62. The number of methoxy groups -OCH3 is 1. The Morgan fingerprint density at radius 2 is 1.93 bits per heavy atom. The quantitative estimate of drug-likeness (QED) is 0.560. The molecule has 4 rings (SSSR count). The molecular weight excluding hydrogens is 404 g/mol. The van der Waals surface area contributed by atoms with E-state index in [1.165, 1.54) is 0 Å². The summed E-state index contributed by atoms with van der Waals surface area (Å²) in [5.41, 5.74) is 2.78. The van der Waals surface area contributed by atoms with E-state index in [9.17, 15) is 9.90 Å². The molecule has 3 aromatic rings. The lowest BCUT2D eigenvalue weighted by Gasteiger charge is -2.14. The SMILES string of the molecule is COc1ccc(-c2nn(-c3ccccc3)cc2C(=O)NCC2CNCC2O)cc1.Cl. The van der Waals surface area contributed by atoms with E-state index in [-0.39, 0.29) is 24.2 Å². The molecule has 2 aromatic carbocycles. The monoisotopic (exact) mass is 428 g/mol. The van der Waals surface area contributed by atoms with E-state index in [0.717, 1.165) is 17.0 Å². The molecule has 0 aliphatic carbocycles. The predicted octanol–water partition coefficient (Wildman–Crippen LogP) is 2.28. The van der Waals surface area contributed by atoms with E-state index in [4.69, 9.17) is 4.74 Å². The zero-order valence-corrected chi connectivity index (χ0v) is 17.4. The highest BCUT2D eigenvalue weighted by molar-refractivity contribution is 6.00. The van der Waals surface area contributed by atoms with E-state index in [1.54, 1.807) is 18.0 Å². The molecular formula is C22H25ClN4O3. The molecule has 7 nitrogen and oxygen atoms in total. The highest BCUT2D eigenvalue weighted by Crippen LogP contribution is 2.26. The molecule has 158 valence electrons. The maximum Gasteiger partial charge on any atom is 0.255 e. The first-order valence-corrected chi connectivity index (χ1v) is 9.62. The van der Waals surface area contributed by atoms with Gasteiger partial charge in [0, 0.05) is 37.3 Å². The number of β-amino-alcohol motifs (C(OH)–C–C–N with tert-alkyl or cyclic N) is 1. The van der Waals surface area contributed by atoms with E-state index in [2.05, 4.69) is 15.7 Å². The van der Waals surface area contributed by atoms with Gasteiger partial charge in [-0.1, -0.05) is 18.2 Å². The van der Waals surface area contributed by atoms with Crippen LogP contribution in [0.4, 0.5) is 0 Å². The van der Waals surface area contributed by atoms with Gasteiger partial charge in [-0.25, -0.2) is 4.68 Å². The Kier molecular flexibility index (Phi) is 7.10. The normalized spacial score (nSPS) is 17.9. The van der Waals surface area contributed by atoms with Crippen LogP contribution in [0.1, 0.15) is 10.4 Å². The first-order valence-electron chi connectivity index (χ1n) is 9.62. The molecule has 0 radical (unpaired) electrons. The number of rotatable bonds is 6. The van der Waals surface area contributed by atoms with Gasteiger partial charge in [0.25, 0.3) is 5.91 Å². The lowest BCUT2D eigenvalue weighted by molar-refractivity contribution is 0.0927. The highest BCUT2D eigenvalue weighted by atomic mass is 35.5. The maximum atomic E-state index is 13.0. The van der Waals surface area contributed by atoms with Crippen LogP contribution in [0.5, 0.6) is 5.75 Å². The van der Waals surface area contributed by atoms with Crippen molar-refractivity contribution >= 4 is 18.3 Å². The van der Waals surface area contributed by atoms with Crippen molar-refractivity contribution in [2.45, 2.75) is 6.10 Å². The number of aromatic nitrogens is 2. The van der Waals surface area contributed by atoms with Crippen LogP contribution in [0.2, 0.25) is 0 Å². The fourth-order valence-corrected chi connectivity index (χ4v) is 3.46. The maximum absolute atomic E-state index is 13.0. The minimum absolute atomic E-state index is 0. The van der Waals surface area contributed by atoms with E-state index < -0.39 is 6.10 Å². The third-order valence-electron chi connectivity index (χ3n) is 5.17. The number of aliphatic hydroxyl groups excluding tert-OH is 1. The summed E-state index contributed by atoms with van der Waals surface area (Å²) in [6, 6.07) is 17.1. The van der Waals surface area contributed by atoms with Crippen molar-refractivity contribution in [1.82, 2.24) is 20.4 Å². The molecule has 0 bridgehead atoms. The van der Waals surface area contributed by atoms with Crippen LogP contribution in [0.3, 0.4) is 0 Å². The van der Waals surface area contributed by atoms with Crippen LogP contribution in [-0.4, -0.2) is 53.6 Å². The molecule has 2 atom stereocenters. The number of hydrogen-bond donors (Lipinski definition) is 3. The molecule has 2 unspecified atom stereocenters. The summed E-state index contributed by atoms with van der Waals surface area (Å²) < 4.78 is 6.94. The van der Waals surface area contributed by atoms with Crippen LogP contribution in [-0.2, 0) is 0 Å². The Labute approximate surface area is 181 Å². The molecule has 2 heterocycles. The molecule has 1 aliphatic heterocycles. The molecule has 1 amide bonds. The van der Waals surface area contributed by atoms with Crippen molar-refractivity contribution in [2.75, 3.05) is 26.7 Å². The first-order chi connectivity index (χ1) is 14.2. The van der Waals surface area contributed by atoms with Gasteiger partial charge in [-0.2, -0.15) is 5.10 Å². The van der Waals surface area contributed by atoms with Crippen LogP contribution in [0, 0.1) is 5.92 Å². The number of para-hydroxylation sites is 1. The smallest absolute Gasteiger partial charge is 0.255 e. The molecule has 1 fully saturated rings. The summed E-state index contributed by atoms with van der Waals surface area (Å²) >= 11 is 0. The molecule has 1 aromatic heterocycles. The van der Waals surface area contributed by atoms with Gasteiger partial charge in [0.1, 0.15) is 11.4 Å². The molecule has 0 saturated carbocycles. The number of benzene rings is 2. The number of carbonyl (C=O) groups excluding carboxylic acids is 1. The predicted molar refractivity (Wildman–Crippen MR) is 117 cm³/mol. The molecule has 8 heteroatoms. The zero-order chi connectivity index (χ0) is 20.2. The van der Waals surface area contributed by atoms with Gasteiger partial charge >= 0.3 is 0 Å². The zero-order valence-electron chi connectivity index (χ0n) is 16.6. The number of nitrogens with one attached hydrogen (secondary N) is 2. The van der Waals surface area contributed by atoms with Gasteiger partial charge in [0.2, 0.25) is 0 Å². The molecule has 1 aliphatic rings. The van der Waals surface area contributed by atoms with Gasteiger partial charge in [0.15, 0.2) is 0 Å². The third-order valence-corrected chi connectivity index (χ3v) is 5.17. The number of nitrogens with zero attached hydrogens (tertiary/aromatic N) is 2. The minimum atomic E-state index is -0.441. The Hall–Kier alpha value is -2.87. The van der Waals surface area contributed by atoms with E-state index in [1.807, 2.05) is 54.6 Å². The lowest BCUT2D eigenvalue weighted by Crippen LogP contribution is -2.34. The second kappa shape index (κ2) is 9.75. The number of ether oxygens (including phenoxy) is 1. The standard InChI is InChI=1S/C22H24N4O3.ClH/c1-29-18-9-7-15(8-10-18)21-19(14-26(25-21)17-5-3-2-4-6-17)22(28)24-12-16-11-23-13-20(16)27;/h2-10,14,16,20,23,27H,11-13H2,1H3,(H,24,28);1H. The van der Waals surface area contributed by atoms with Gasteiger partial charge in [0.05, 0.1) is 24.5 Å².